The van der Waals surface area contributed by atoms with Gasteiger partial charge in [-0.05, 0) is 37.2 Å². The van der Waals surface area contributed by atoms with E-state index in [-0.39, 0.29) is 11.9 Å². The smallest absolute Gasteiger partial charge is 0.251 e. The second-order valence-electron chi connectivity index (χ2n) is 7.32. The number of carbonyl (C=O) groups is 2. The van der Waals surface area contributed by atoms with Crippen molar-refractivity contribution in [2.75, 3.05) is 0 Å². The normalized spacial score (nSPS) is 20.4. The van der Waals surface area contributed by atoms with E-state index >= 15 is 0 Å². The zero-order chi connectivity index (χ0) is 17.8. The third-order valence-corrected chi connectivity index (χ3v) is 4.82. The van der Waals surface area contributed by atoms with Crippen LogP contribution in [0, 0.1) is 5.92 Å². The fourth-order valence-electron chi connectivity index (χ4n) is 2.92. The van der Waals surface area contributed by atoms with Crippen molar-refractivity contribution < 1.29 is 14.7 Å². The number of benzene rings is 1. The van der Waals surface area contributed by atoms with Gasteiger partial charge < -0.3 is 21.5 Å². The summed E-state index contributed by atoms with van der Waals surface area (Å²) in [6.45, 7) is 0. The van der Waals surface area contributed by atoms with Gasteiger partial charge in [0.25, 0.3) is 5.91 Å². The van der Waals surface area contributed by atoms with E-state index in [0.717, 1.165) is 31.2 Å². The van der Waals surface area contributed by atoms with Crippen LogP contribution in [-0.2, 0) is 16.0 Å². The molecule has 3 unspecified atom stereocenters. The van der Waals surface area contributed by atoms with Crippen LogP contribution in [0.4, 0.5) is 0 Å². The Morgan fingerprint density at radius 2 is 1.80 bits per heavy atom. The molecule has 0 radical (unpaired) electrons. The molecule has 0 aliphatic heterocycles. The van der Waals surface area contributed by atoms with Gasteiger partial charge in [0.05, 0.1) is 12.1 Å². The average Bonchev–Trinajstić information content (AvgIpc) is 3.51. The molecule has 3 rings (SSSR count). The highest BCUT2D eigenvalue weighted by atomic mass is 16.3. The van der Waals surface area contributed by atoms with Gasteiger partial charge in [-0.15, -0.1) is 0 Å². The Kier molecular flexibility index (Phi) is 5.71. The molecule has 5 N–H and O–H groups in total. The maximum atomic E-state index is 12.4. The van der Waals surface area contributed by atoms with E-state index in [1.165, 1.54) is 0 Å². The summed E-state index contributed by atoms with van der Waals surface area (Å²) >= 11 is 0. The van der Waals surface area contributed by atoms with Crippen LogP contribution in [0.15, 0.2) is 30.3 Å². The second kappa shape index (κ2) is 7.97. The van der Waals surface area contributed by atoms with Gasteiger partial charge >= 0.3 is 0 Å². The number of hydrogen-bond acceptors (Lipinski definition) is 4. The number of aliphatic hydroxyl groups is 1. The predicted molar refractivity (Wildman–Crippen MR) is 94.6 cm³/mol. The van der Waals surface area contributed by atoms with Gasteiger partial charge in [-0.3, -0.25) is 9.59 Å². The third-order valence-electron chi connectivity index (χ3n) is 4.82. The molecule has 0 heterocycles. The molecular weight excluding hydrogens is 318 g/mol. The molecule has 6 nitrogen and oxygen atoms in total. The number of rotatable bonds is 9. The number of carbonyl (C=O) groups excluding carboxylic acids is 2. The van der Waals surface area contributed by atoms with Crippen molar-refractivity contribution >= 4 is 11.8 Å². The van der Waals surface area contributed by atoms with E-state index in [1.54, 1.807) is 0 Å². The maximum absolute atomic E-state index is 12.4. The van der Waals surface area contributed by atoms with E-state index in [0.29, 0.717) is 18.8 Å². The van der Waals surface area contributed by atoms with Gasteiger partial charge in [-0.1, -0.05) is 43.2 Å². The van der Waals surface area contributed by atoms with E-state index in [4.69, 9.17) is 5.73 Å². The van der Waals surface area contributed by atoms with Gasteiger partial charge in [0.2, 0.25) is 5.91 Å². The van der Waals surface area contributed by atoms with E-state index < -0.39 is 24.1 Å². The van der Waals surface area contributed by atoms with E-state index in [2.05, 4.69) is 10.6 Å². The number of nitrogens with one attached hydrogen (secondary N) is 2. The molecule has 25 heavy (non-hydrogen) atoms. The fourth-order valence-corrected chi connectivity index (χ4v) is 2.92. The van der Waals surface area contributed by atoms with Gasteiger partial charge in [0, 0.05) is 6.04 Å². The lowest BCUT2D eigenvalue weighted by Gasteiger charge is -2.25. The van der Waals surface area contributed by atoms with Crippen LogP contribution < -0.4 is 16.4 Å². The van der Waals surface area contributed by atoms with Crippen molar-refractivity contribution in [2.45, 2.75) is 62.8 Å². The van der Waals surface area contributed by atoms with Gasteiger partial charge in [-0.2, -0.15) is 0 Å². The summed E-state index contributed by atoms with van der Waals surface area (Å²) in [6.07, 6.45) is 3.89. The number of nitrogens with two attached hydrogens (primary N) is 1. The van der Waals surface area contributed by atoms with E-state index in [1.807, 2.05) is 30.3 Å². The fraction of sp³-hybridized carbons (Fsp3) is 0.579. The van der Waals surface area contributed by atoms with Gasteiger partial charge in [0.15, 0.2) is 6.10 Å². The van der Waals surface area contributed by atoms with Crippen LogP contribution in [0.3, 0.4) is 0 Å². The van der Waals surface area contributed by atoms with Crippen molar-refractivity contribution in [1.82, 2.24) is 10.6 Å². The lowest BCUT2D eigenvalue weighted by Crippen LogP contribution is -2.55. The molecule has 2 aliphatic rings. The van der Waals surface area contributed by atoms with Crippen LogP contribution >= 0.6 is 0 Å². The first-order valence-corrected chi connectivity index (χ1v) is 9.11. The molecule has 2 aliphatic carbocycles. The Balaban J connectivity index is 1.63. The van der Waals surface area contributed by atoms with Crippen LogP contribution in [0.2, 0.25) is 0 Å². The average molecular weight is 345 g/mol. The van der Waals surface area contributed by atoms with Crippen molar-refractivity contribution in [2.24, 2.45) is 11.7 Å². The molecular formula is C19H27N3O3. The Bertz CT molecular complexity index is 599. The predicted octanol–water partition coefficient (Wildman–Crippen LogP) is 0.481. The van der Waals surface area contributed by atoms with Crippen LogP contribution in [0.5, 0.6) is 0 Å². The zero-order valence-corrected chi connectivity index (χ0v) is 14.4. The minimum atomic E-state index is -1.29. The molecule has 0 aromatic heterocycles. The Morgan fingerprint density at radius 3 is 2.40 bits per heavy atom. The first-order chi connectivity index (χ1) is 12.0. The second-order valence-corrected chi connectivity index (χ2v) is 7.32. The first kappa shape index (κ1) is 17.9. The minimum absolute atomic E-state index is 0.160. The number of aliphatic hydroxyl groups excluding tert-OH is 1. The Labute approximate surface area is 148 Å². The number of amides is 2. The molecule has 3 atom stereocenters. The molecule has 2 amide bonds. The Hall–Kier alpha value is -1.92. The summed E-state index contributed by atoms with van der Waals surface area (Å²) in [4.78, 5) is 24.6. The summed E-state index contributed by atoms with van der Waals surface area (Å²) in [5, 5.41) is 16.1. The highest BCUT2D eigenvalue weighted by Gasteiger charge is 2.34. The lowest BCUT2D eigenvalue weighted by atomic mass is 9.99. The molecule has 0 bridgehead atoms. The molecule has 1 aromatic carbocycles. The summed E-state index contributed by atoms with van der Waals surface area (Å²) in [5.74, 6) is -0.193. The zero-order valence-electron chi connectivity index (χ0n) is 14.4. The number of hydrogen-bond donors (Lipinski definition) is 4. The SMILES string of the molecule is NC(CC1CC1)C(=O)NC(Cc1ccccc1)C(O)C(=O)NC1CC1. The topological polar surface area (TPSA) is 104 Å². The van der Waals surface area contributed by atoms with E-state index in [9.17, 15) is 14.7 Å². The monoisotopic (exact) mass is 345 g/mol. The molecule has 6 heteroatoms. The summed E-state index contributed by atoms with van der Waals surface area (Å²) in [6, 6.07) is 8.38. The minimum Gasteiger partial charge on any atom is -0.381 e. The molecule has 2 saturated carbocycles. The quantitative estimate of drug-likeness (QED) is 0.522. The van der Waals surface area contributed by atoms with Gasteiger partial charge in [0.1, 0.15) is 0 Å². The Morgan fingerprint density at radius 1 is 1.12 bits per heavy atom. The molecule has 0 saturated heterocycles. The van der Waals surface area contributed by atoms with Crippen LogP contribution in [0.25, 0.3) is 0 Å². The molecule has 0 spiro atoms. The lowest BCUT2D eigenvalue weighted by molar-refractivity contribution is -0.132. The highest BCUT2D eigenvalue weighted by molar-refractivity contribution is 5.85. The summed E-state index contributed by atoms with van der Waals surface area (Å²) < 4.78 is 0. The maximum Gasteiger partial charge on any atom is 0.251 e. The molecule has 2 fully saturated rings. The highest BCUT2D eigenvalue weighted by Crippen LogP contribution is 2.33. The van der Waals surface area contributed by atoms with Crippen molar-refractivity contribution in [3.05, 3.63) is 35.9 Å². The van der Waals surface area contributed by atoms with Crippen LogP contribution in [0.1, 0.15) is 37.7 Å². The summed E-state index contributed by atoms with van der Waals surface area (Å²) in [5.41, 5.74) is 6.92. The third kappa shape index (κ3) is 5.54. The van der Waals surface area contributed by atoms with Gasteiger partial charge in [-0.25, -0.2) is 0 Å². The largest absolute Gasteiger partial charge is 0.381 e. The van der Waals surface area contributed by atoms with Crippen molar-refractivity contribution in [1.29, 1.82) is 0 Å². The van der Waals surface area contributed by atoms with Crippen molar-refractivity contribution in [3.8, 4) is 0 Å². The standard InChI is InChI=1S/C19H27N3O3/c20-15(10-13-6-7-13)18(24)22-16(11-12-4-2-1-3-5-12)17(23)19(25)21-14-8-9-14/h1-5,13-17,23H,6-11,20H2,(H,21,25)(H,22,24). The molecule has 136 valence electrons. The first-order valence-electron chi connectivity index (χ1n) is 9.11. The van der Waals surface area contributed by atoms with Crippen LogP contribution in [-0.4, -0.2) is 41.2 Å². The molecule has 1 aromatic rings. The van der Waals surface area contributed by atoms with Crippen molar-refractivity contribution in [3.63, 3.8) is 0 Å². The summed E-state index contributed by atoms with van der Waals surface area (Å²) in [7, 11) is 0.